The van der Waals surface area contributed by atoms with Crippen LogP contribution in [-0.4, -0.2) is 34.7 Å². The molecule has 2 amide bonds. The number of unbranched alkanes of at least 4 members (excludes halogenated alkanes) is 18. The third-order valence-corrected chi connectivity index (χ3v) is 7.35. The van der Waals surface area contributed by atoms with Gasteiger partial charge in [0.2, 0.25) is 0 Å². The summed E-state index contributed by atoms with van der Waals surface area (Å²) in [5, 5.41) is 0. The normalized spacial score (nSPS) is 15.4. The molecule has 0 aliphatic carbocycles. The van der Waals surface area contributed by atoms with Crippen molar-refractivity contribution in [3.8, 4) is 0 Å². The van der Waals surface area contributed by atoms with Crippen LogP contribution in [0, 0.1) is 0 Å². The van der Waals surface area contributed by atoms with Gasteiger partial charge in [0.05, 0.1) is 11.1 Å². The predicted molar refractivity (Wildman–Crippen MR) is 143 cm³/mol. The van der Waals surface area contributed by atoms with E-state index in [4.69, 9.17) is 0 Å². The molecule has 0 fully saturated rings. The zero-order valence-corrected chi connectivity index (χ0v) is 22.4. The number of hydrogen-bond donors (Lipinski definition) is 0. The third-order valence-electron chi connectivity index (χ3n) is 7.35. The van der Waals surface area contributed by atoms with Crippen molar-refractivity contribution in [3.63, 3.8) is 0 Å². The number of hydrogen-bond acceptors (Lipinski definition) is 2. The van der Waals surface area contributed by atoms with Crippen LogP contribution in [0.4, 0.5) is 0 Å². The second-order valence-corrected chi connectivity index (χ2v) is 10.4. The van der Waals surface area contributed by atoms with E-state index in [-0.39, 0.29) is 11.8 Å². The molecule has 34 heavy (non-hydrogen) atoms. The van der Waals surface area contributed by atoms with Gasteiger partial charge in [0, 0.05) is 25.5 Å². The van der Waals surface area contributed by atoms with Crippen molar-refractivity contribution in [3.05, 3.63) is 23.5 Å². The Labute approximate surface area is 210 Å². The largest absolute Gasteiger partial charge is 0.314 e. The number of carbonyl (C=O) groups excluding carboxylic acids is 2. The molecule has 0 saturated heterocycles. The lowest BCUT2D eigenvalue weighted by molar-refractivity contribution is -0.124. The van der Waals surface area contributed by atoms with Crippen LogP contribution >= 0.6 is 0 Å². The molecule has 2 heterocycles. The number of rotatable bonds is 22. The minimum atomic E-state index is 0.0184. The lowest BCUT2D eigenvalue weighted by Crippen LogP contribution is -2.25. The molecule has 194 valence electrons. The van der Waals surface area contributed by atoms with Gasteiger partial charge >= 0.3 is 0 Å². The van der Waals surface area contributed by atoms with Crippen LogP contribution in [0.3, 0.4) is 0 Å². The van der Waals surface area contributed by atoms with E-state index in [0.717, 1.165) is 25.9 Å². The molecule has 4 heteroatoms. The first kappa shape index (κ1) is 28.7. The van der Waals surface area contributed by atoms with Gasteiger partial charge in [-0.2, -0.15) is 0 Å². The van der Waals surface area contributed by atoms with Gasteiger partial charge in [-0.15, -0.1) is 0 Å². The maximum Gasteiger partial charge on any atom is 0.260 e. The monoisotopic (exact) mass is 472 g/mol. The van der Waals surface area contributed by atoms with E-state index >= 15 is 0 Å². The summed E-state index contributed by atoms with van der Waals surface area (Å²) in [6.07, 6.45) is 29.4. The average Bonchev–Trinajstić information content (AvgIpc) is 3.31. The standard InChI is InChI=1S/C30H52N2O2/c1-3-5-7-9-11-13-15-17-19-21-23-31-25-27-28(29(31)33)26-32(30(27)34)24-22-20-18-16-14-12-10-8-6-4-2/h25-26H,3-24H2,1-2H3. The highest BCUT2D eigenvalue weighted by atomic mass is 16.2. The van der Waals surface area contributed by atoms with E-state index in [2.05, 4.69) is 13.8 Å². The molecule has 0 bridgehead atoms. The van der Waals surface area contributed by atoms with E-state index in [1.54, 1.807) is 9.80 Å². The summed E-state index contributed by atoms with van der Waals surface area (Å²) in [5.41, 5.74) is 1.23. The predicted octanol–water partition coefficient (Wildman–Crippen LogP) is 8.28. The molecule has 2 aliphatic rings. The van der Waals surface area contributed by atoms with Crippen molar-refractivity contribution in [1.82, 2.24) is 9.80 Å². The van der Waals surface area contributed by atoms with Gasteiger partial charge in [-0.25, -0.2) is 0 Å². The molecule has 2 aliphatic heterocycles. The zero-order chi connectivity index (χ0) is 24.4. The van der Waals surface area contributed by atoms with Gasteiger partial charge in [0.25, 0.3) is 11.8 Å². The molecule has 0 aromatic carbocycles. The molecule has 0 unspecified atom stereocenters. The SMILES string of the molecule is CCCCCCCCCCCCN1C=C2C(=O)N(CCCCCCCCCCCC)C=C2C1=O. The Hall–Kier alpha value is -1.58. The number of fused-ring (bicyclic) bond motifs is 1. The summed E-state index contributed by atoms with van der Waals surface area (Å²) in [5.74, 6) is 0.0368. The van der Waals surface area contributed by atoms with Gasteiger partial charge in [0.1, 0.15) is 0 Å². The first-order chi connectivity index (χ1) is 16.7. The Balaban J connectivity index is 1.52. The molecule has 0 N–H and O–H groups in total. The quantitative estimate of drug-likeness (QED) is 0.149. The van der Waals surface area contributed by atoms with Crippen molar-refractivity contribution in [1.29, 1.82) is 0 Å². The molecule has 0 aromatic rings. The molecule has 0 atom stereocenters. The highest BCUT2D eigenvalue weighted by Gasteiger charge is 2.38. The summed E-state index contributed by atoms with van der Waals surface area (Å²) in [6.45, 7) is 6.00. The van der Waals surface area contributed by atoms with Crippen LogP contribution in [0.1, 0.15) is 142 Å². The molecule has 0 saturated carbocycles. The summed E-state index contributed by atoms with van der Waals surface area (Å²) < 4.78 is 0. The van der Waals surface area contributed by atoms with Crippen molar-refractivity contribution >= 4 is 11.8 Å². The van der Waals surface area contributed by atoms with Gasteiger partial charge in [-0.05, 0) is 12.8 Å². The van der Waals surface area contributed by atoms with Crippen LogP contribution in [0.5, 0.6) is 0 Å². The summed E-state index contributed by atoms with van der Waals surface area (Å²) in [7, 11) is 0. The second kappa shape index (κ2) is 17.8. The lowest BCUT2D eigenvalue weighted by atomic mass is 10.1. The number of carbonyl (C=O) groups is 2. The van der Waals surface area contributed by atoms with Crippen LogP contribution < -0.4 is 0 Å². The molecule has 0 radical (unpaired) electrons. The number of amides is 2. The molecule has 4 nitrogen and oxygen atoms in total. The van der Waals surface area contributed by atoms with E-state index in [0.29, 0.717) is 11.1 Å². The van der Waals surface area contributed by atoms with Crippen molar-refractivity contribution in [2.75, 3.05) is 13.1 Å². The number of nitrogens with zero attached hydrogens (tertiary/aromatic N) is 2. The van der Waals surface area contributed by atoms with E-state index in [9.17, 15) is 9.59 Å². The van der Waals surface area contributed by atoms with Crippen molar-refractivity contribution < 1.29 is 9.59 Å². The Bertz CT molecular complexity index is 596. The van der Waals surface area contributed by atoms with Crippen LogP contribution in [-0.2, 0) is 9.59 Å². The fourth-order valence-electron chi connectivity index (χ4n) is 5.09. The van der Waals surface area contributed by atoms with Crippen molar-refractivity contribution in [2.45, 2.75) is 142 Å². The smallest absolute Gasteiger partial charge is 0.260 e. The summed E-state index contributed by atoms with van der Waals surface area (Å²) >= 11 is 0. The minimum absolute atomic E-state index is 0.0184. The highest BCUT2D eigenvalue weighted by Crippen LogP contribution is 2.31. The Morgan fingerprint density at radius 3 is 1.00 bits per heavy atom. The van der Waals surface area contributed by atoms with Gasteiger partial charge in [0.15, 0.2) is 0 Å². The highest BCUT2D eigenvalue weighted by molar-refractivity contribution is 6.17. The third kappa shape index (κ3) is 10.4. The zero-order valence-electron chi connectivity index (χ0n) is 22.4. The topological polar surface area (TPSA) is 40.6 Å². The van der Waals surface area contributed by atoms with Crippen LogP contribution in [0.15, 0.2) is 23.5 Å². The Kier molecular flexibility index (Phi) is 15.0. The van der Waals surface area contributed by atoms with Gasteiger partial charge < -0.3 is 9.80 Å². The van der Waals surface area contributed by atoms with Gasteiger partial charge in [-0.3, -0.25) is 9.59 Å². The fourth-order valence-corrected chi connectivity index (χ4v) is 5.09. The van der Waals surface area contributed by atoms with Crippen LogP contribution in [0.2, 0.25) is 0 Å². The average molecular weight is 473 g/mol. The molecule has 0 spiro atoms. The molecular weight excluding hydrogens is 420 g/mol. The Morgan fingerprint density at radius 2 is 0.706 bits per heavy atom. The maximum atomic E-state index is 12.7. The molecule has 0 aromatic heterocycles. The first-order valence-electron chi connectivity index (χ1n) is 14.7. The Morgan fingerprint density at radius 1 is 0.441 bits per heavy atom. The lowest BCUT2D eigenvalue weighted by Gasteiger charge is -2.16. The van der Waals surface area contributed by atoms with E-state index in [1.807, 2.05) is 12.4 Å². The van der Waals surface area contributed by atoms with Crippen LogP contribution in [0.25, 0.3) is 0 Å². The van der Waals surface area contributed by atoms with Gasteiger partial charge in [-0.1, -0.05) is 129 Å². The first-order valence-corrected chi connectivity index (χ1v) is 14.7. The fraction of sp³-hybridized carbons (Fsp3) is 0.800. The van der Waals surface area contributed by atoms with Crippen molar-refractivity contribution in [2.24, 2.45) is 0 Å². The maximum absolute atomic E-state index is 12.7. The van der Waals surface area contributed by atoms with E-state index < -0.39 is 0 Å². The molecular formula is C30H52N2O2. The minimum Gasteiger partial charge on any atom is -0.314 e. The summed E-state index contributed by atoms with van der Waals surface area (Å²) in [6, 6.07) is 0. The molecule has 2 rings (SSSR count). The summed E-state index contributed by atoms with van der Waals surface area (Å²) in [4.78, 5) is 29.0. The van der Waals surface area contributed by atoms with E-state index in [1.165, 1.54) is 116 Å². The second-order valence-electron chi connectivity index (χ2n) is 10.4.